The molecule has 7 nitrogen and oxygen atoms in total. The number of carbonyl (C=O) groups excluding carboxylic acids is 2. The lowest BCUT2D eigenvalue weighted by Crippen LogP contribution is -2.51. The van der Waals surface area contributed by atoms with Crippen molar-refractivity contribution in [2.24, 2.45) is 0 Å². The quantitative estimate of drug-likeness (QED) is 0.645. The highest BCUT2D eigenvalue weighted by Gasteiger charge is 2.47. The molecule has 1 aromatic rings. The molecular weight excluding hydrogens is 440 g/mol. The number of carbonyl (C=O) groups is 2. The second-order valence-electron chi connectivity index (χ2n) is 11.1. The maximum Gasteiger partial charge on any atom is 0.409 e. The Kier molecular flexibility index (Phi) is 7.94. The molecule has 0 bridgehead atoms. The van der Waals surface area contributed by atoms with E-state index in [1.807, 2.05) is 16.7 Å². The predicted molar refractivity (Wildman–Crippen MR) is 139 cm³/mol. The van der Waals surface area contributed by atoms with Gasteiger partial charge in [-0.3, -0.25) is 0 Å². The van der Waals surface area contributed by atoms with E-state index in [4.69, 9.17) is 4.74 Å². The number of amides is 3. The number of nitrogens with zero attached hydrogens (tertiary/aromatic N) is 3. The van der Waals surface area contributed by atoms with E-state index in [-0.39, 0.29) is 35.7 Å². The van der Waals surface area contributed by atoms with Crippen LogP contribution in [0.1, 0.15) is 83.9 Å². The summed E-state index contributed by atoms with van der Waals surface area (Å²) in [7, 11) is 0. The summed E-state index contributed by atoms with van der Waals surface area (Å²) < 4.78 is 5.18. The molecule has 1 N–H and O–H groups in total. The summed E-state index contributed by atoms with van der Waals surface area (Å²) in [4.78, 5) is 31.7. The van der Waals surface area contributed by atoms with Crippen LogP contribution in [-0.4, -0.2) is 77.7 Å². The zero-order valence-corrected chi connectivity index (χ0v) is 22.3. The fourth-order valence-electron chi connectivity index (χ4n) is 6.73. The molecule has 2 aliphatic heterocycles. The Labute approximate surface area is 211 Å². The van der Waals surface area contributed by atoms with Gasteiger partial charge in [-0.1, -0.05) is 24.3 Å². The fraction of sp³-hybridized carbons (Fsp3) is 0.714. The molecular formula is C28H44N4O3. The number of hydrogen-bond acceptors (Lipinski definition) is 4. The van der Waals surface area contributed by atoms with Crippen LogP contribution in [0.25, 0.3) is 0 Å². The number of fused-ring (bicyclic) bond motifs is 2. The van der Waals surface area contributed by atoms with Crippen molar-refractivity contribution in [2.75, 3.05) is 32.8 Å². The van der Waals surface area contributed by atoms with Crippen molar-refractivity contribution in [2.45, 2.75) is 96.3 Å². The van der Waals surface area contributed by atoms with Gasteiger partial charge in [0.25, 0.3) is 0 Å². The SMILES string of the molecule is CCOC(=O)N1CCC(N2CCC3(CC2)C[C@H](NC(=O)N(C(C)C)C(C)C)c2ccccc23)CC1. The maximum atomic E-state index is 13.2. The predicted octanol–water partition coefficient (Wildman–Crippen LogP) is 4.91. The lowest BCUT2D eigenvalue weighted by molar-refractivity contribution is 0.0553. The van der Waals surface area contributed by atoms with Crippen molar-refractivity contribution in [3.63, 3.8) is 0 Å². The second-order valence-corrected chi connectivity index (χ2v) is 11.1. The molecule has 35 heavy (non-hydrogen) atoms. The molecule has 4 rings (SSSR count). The van der Waals surface area contributed by atoms with Gasteiger partial charge in [-0.2, -0.15) is 0 Å². The van der Waals surface area contributed by atoms with Gasteiger partial charge in [-0.15, -0.1) is 0 Å². The third kappa shape index (κ3) is 5.30. The monoisotopic (exact) mass is 484 g/mol. The van der Waals surface area contributed by atoms with Crippen molar-refractivity contribution in [3.8, 4) is 0 Å². The molecule has 1 aliphatic carbocycles. The van der Waals surface area contributed by atoms with E-state index >= 15 is 0 Å². The first-order valence-electron chi connectivity index (χ1n) is 13.6. The standard InChI is InChI=1S/C28H44N4O3/c1-6-35-27(34)31-15-11-22(12-16-31)30-17-13-28(14-18-30)19-25(23-9-7-8-10-24(23)28)29-26(33)32(20(2)3)21(4)5/h7-10,20-22,25H,6,11-19H2,1-5H3,(H,29,33)/t25-/m0/s1. The summed E-state index contributed by atoms with van der Waals surface area (Å²) in [5.74, 6) is 0. The van der Waals surface area contributed by atoms with Crippen molar-refractivity contribution >= 4 is 12.1 Å². The van der Waals surface area contributed by atoms with Gasteiger partial charge in [0.1, 0.15) is 0 Å². The molecule has 0 unspecified atom stereocenters. The number of rotatable bonds is 5. The zero-order chi connectivity index (χ0) is 25.2. The summed E-state index contributed by atoms with van der Waals surface area (Å²) >= 11 is 0. The number of urea groups is 1. The van der Waals surface area contributed by atoms with Gasteiger partial charge in [0.05, 0.1) is 12.6 Å². The number of piperidine rings is 2. The summed E-state index contributed by atoms with van der Waals surface area (Å²) in [6, 6.07) is 9.73. The molecule has 0 saturated carbocycles. The average molecular weight is 485 g/mol. The molecule has 3 amide bonds. The summed E-state index contributed by atoms with van der Waals surface area (Å²) in [6.07, 6.45) is 5.08. The summed E-state index contributed by atoms with van der Waals surface area (Å²) in [6.45, 7) is 14.3. The van der Waals surface area contributed by atoms with Crippen molar-refractivity contribution < 1.29 is 14.3 Å². The first kappa shape index (κ1) is 25.8. The van der Waals surface area contributed by atoms with Gasteiger partial charge in [0.15, 0.2) is 0 Å². The van der Waals surface area contributed by atoms with Gasteiger partial charge in [0.2, 0.25) is 0 Å². The third-order valence-corrected chi connectivity index (χ3v) is 8.41. The molecule has 2 saturated heterocycles. The first-order chi connectivity index (χ1) is 16.8. The van der Waals surface area contributed by atoms with Crippen LogP contribution in [0.3, 0.4) is 0 Å². The topological polar surface area (TPSA) is 65.1 Å². The Morgan fingerprint density at radius 2 is 1.69 bits per heavy atom. The highest BCUT2D eigenvalue weighted by molar-refractivity contribution is 5.75. The minimum Gasteiger partial charge on any atom is -0.450 e. The maximum absolute atomic E-state index is 13.2. The van der Waals surface area contributed by atoms with Gasteiger partial charge in [-0.05, 0) is 90.9 Å². The largest absolute Gasteiger partial charge is 0.450 e. The van der Waals surface area contributed by atoms with Gasteiger partial charge < -0.3 is 24.8 Å². The molecule has 1 spiro atoms. The zero-order valence-electron chi connectivity index (χ0n) is 22.3. The minimum atomic E-state index is -0.173. The minimum absolute atomic E-state index is 0.0395. The van der Waals surface area contributed by atoms with E-state index in [9.17, 15) is 9.59 Å². The Hall–Kier alpha value is -2.28. The molecule has 2 fully saturated rings. The summed E-state index contributed by atoms with van der Waals surface area (Å²) in [5, 5.41) is 3.39. The Morgan fingerprint density at radius 3 is 2.29 bits per heavy atom. The fourth-order valence-corrected chi connectivity index (χ4v) is 6.73. The summed E-state index contributed by atoms with van der Waals surface area (Å²) in [5.41, 5.74) is 2.86. The highest BCUT2D eigenvalue weighted by Crippen LogP contribution is 2.51. The van der Waals surface area contributed by atoms with Gasteiger partial charge >= 0.3 is 12.1 Å². The molecule has 3 aliphatic rings. The van der Waals surface area contributed by atoms with E-state index in [0.717, 1.165) is 58.3 Å². The highest BCUT2D eigenvalue weighted by atomic mass is 16.6. The normalized spacial score (nSPS) is 22.5. The van der Waals surface area contributed by atoms with Crippen LogP contribution >= 0.6 is 0 Å². The third-order valence-electron chi connectivity index (χ3n) is 8.41. The van der Waals surface area contributed by atoms with Crippen LogP contribution in [0.2, 0.25) is 0 Å². The van der Waals surface area contributed by atoms with Crippen LogP contribution in [-0.2, 0) is 10.2 Å². The van der Waals surface area contributed by atoms with E-state index in [1.165, 1.54) is 11.1 Å². The molecule has 1 atom stereocenters. The Balaban J connectivity index is 1.39. The molecule has 7 heteroatoms. The van der Waals surface area contributed by atoms with Gasteiger partial charge in [0, 0.05) is 36.6 Å². The molecule has 0 radical (unpaired) electrons. The van der Waals surface area contributed by atoms with E-state index < -0.39 is 0 Å². The van der Waals surface area contributed by atoms with Crippen LogP contribution < -0.4 is 5.32 Å². The number of benzene rings is 1. The van der Waals surface area contributed by atoms with Crippen molar-refractivity contribution in [3.05, 3.63) is 35.4 Å². The van der Waals surface area contributed by atoms with Crippen LogP contribution in [0.15, 0.2) is 24.3 Å². The molecule has 1 aromatic carbocycles. The average Bonchev–Trinajstić information content (AvgIpc) is 3.12. The van der Waals surface area contributed by atoms with E-state index in [2.05, 4.69) is 62.2 Å². The number of nitrogens with one attached hydrogen (secondary N) is 1. The Bertz CT molecular complexity index is 878. The lowest BCUT2D eigenvalue weighted by atomic mass is 9.73. The van der Waals surface area contributed by atoms with E-state index in [1.54, 1.807) is 0 Å². The molecule has 194 valence electrons. The number of hydrogen-bond donors (Lipinski definition) is 1. The first-order valence-corrected chi connectivity index (χ1v) is 13.6. The van der Waals surface area contributed by atoms with Crippen molar-refractivity contribution in [1.82, 2.24) is 20.0 Å². The number of likely N-dealkylation sites (tertiary alicyclic amines) is 2. The molecule has 2 heterocycles. The molecule has 0 aromatic heterocycles. The lowest BCUT2D eigenvalue weighted by Gasteiger charge is -2.45. The van der Waals surface area contributed by atoms with Crippen LogP contribution in [0.5, 0.6) is 0 Å². The van der Waals surface area contributed by atoms with Crippen molar-refractivity contribution in [1.29, 1.82) is 0 Å². The van der Waals surface area contributed by atoms with Crippen LogP contribution in [0.4, 0.5) is 9.59 Å². The van der Waals surface area contributed by atoms with Crippen LogP contribution in [0, 0.1) is 0 Å². The number of ether oxygens (including phenoxy) is 1. The van der Waals surface area contributed by atoms with Gasteiger partial charge in [-0.25, -0.2) is 9.59 Å². The van der Waals surface area contributed by atoms with E-state index in [0.29, 0.717) is 12.6 Å². The second kappa shape index (κ2) is 10.8. The Morgan fingerprint density at radius 1 is 1.06 bits per heavy atom. The smallest absolute Gasteiger partial charge is 0.409 e.